The van der Waals surface area contributed by atoms with Crippen molar-refractivity contribution in [3.05, 3.63) is 52.0 Å². The van der Waals surface area contributed by atoms with Crippen molar-refractivity contribution in [2.45, 2.75) is 19.6 Å². The van der Waals surface area contributed by atoms with Crippen LogP contribution in [0.15, 0.2) is 35.0 Å². The summed E-state index contributed by atoms with van der Waals surface area (Å²) in [5.74, 6) is -0.101. The van der Waals surface area contributed by atoms with Crippen LogP contribution < -0.4 is 10.5 Å². The minimum absolute atomic E-state index is 0.171. The number of halogens is 1. The largest absolute Gasteiger partial charge is 0.486 e. The van der Waals surface area contributed by atoms with Crippen LogP contribution in [0.1, 0.15) is 24.1 Å². The Morgan fingerprint density at radius 3 is 2.82 bits per heavy atom. The lowest BCUT2D eigenvalue weighted by Gasteiger charge is -2.09. The summed E-state index contributed by atoms with van der Waals surface area (Å²) >= 11 is 1.60. The van der Waals surface area contributed by atoms with Crippen molar-refractivity contribution in [2.75, 3.05) is 0 Å². The lowest BCUT2D eigenvalue weighted by molar-refractivity contribution is 0.290. The van der Waals surface area contributed by atoms with Gasteiger partial charge in [-0.05, 0) is 47.0 Å². The van der Waals surface area contributed by atoms with Crippen molar-refractivity contribution in [1.29, 1.82) is 0 Å². The highest BCUT2D eigenvalue weighted by Gasteiger charge is 2.07. The Morgan fingerprint density at radius 1 is 1.41 bits per heavy atom. The molecule has 0 aliphatic heterocycles. The van der Waals surface area contributed by atoms with E-state index in [1.165, 1.54) is 6.07 Å². The zero-order valence-electron chi connectivity index (χ0n) is 9.52. The molecule has 4 heteroatoms. The first-order valence-corrected chi connectivity index (χ1v) is 6.30. The zero-order chi connectivity index (χ0) is 12.3. The predicted molar refractivity (Wildman–Crippen MR) is 67.7 cm³/mol. The molecule has 1 aromatic carbocycles. The van der Waals surface area contributed by atoms with E-state index in [2.05, 4.69) is 0 Å². The Hall–Kier alpha value is -1.39. The average Bonchev–Trinajstić information content (AvgIpc) is 2.80. The summed E-state index contributed by atoms with van der Waals surface area (Å²) in [5, 5.41) is 3.95. The van der Waals surface area contributed by atoms with Gasteiger partial charge in [0, 0.05) is 6.04 Å². The van der Waals surface area contributed by atoms with Gasteiger partial charge in [-0.25, -0.2) is 4.39 Å². The van der Waals surface area contributed by atoms with E-state index >= 15 is 0 Å². The molecule has 2 N–H and O–H groups in total. The summed E-state index contributed by atoms with van der Waals surface area (Å²) in [6.07, 6.45) is 0. The molecule has 0 saturated carbocycles. The summed E-state index contributed by atoms with van der Waals surface area (Å²) < 4.78 is 19.1. The van der Waals surface area contributed by atoms with Crippen LogP contribution in [0, 0.1) is 5.82 Å². The molecule has 0 amide bonds. The molecule has 0 radical (unpaired) electrons. The number of thiophene rings is 1. The Morgan fingerprint density at radius 2 is 2.24 bits per heavy atom. The van der Waals surface area contributed by atoms with Crippen LogP contribution >= 0.6 is 11.3 Å². The second-order valence-corrected chi connectivity index (χ2v) is 4.68. The molecule has 0 aliphatic carbocycles. The topological polar surface area (TPSA) is 35.2 Å². The van der Waals surface area contributed by atoms with Gasteiger partial charge >= 0.3 is 0 Å². The molecule has 0 unspecified atom stereocenters. The molecule has 2 aromatic rings. The molecule has 1 atom stereocenters. The molecule has 0 fully saturated rings. The maximum Gasteiger partial charge on any atom is 0.165 e. The van der Waals surface area contributed by atoms with Gasteiger partial charge < -0.3 is 10.5 Å². The smallest absolute Gasteiger partial charge is 0.165 e. The van der Waals surface area contributed by atoms with Crippen LogP contribution in [0.25, 0.3) is 0 Å². The normalized spacial score (nSPS) is 12.4. The maximum absolute atomic E-state index is 13.7. The van der Waals surface area contributed by atoms with Gasteiger partial charge in [0.25, 0.3) is 0 Å². The van der Waals surface area contributed by atoms with E-state index < -0.39 is 0 Å². The van der Waals surface area contributed by atoms with Crippen LogP contribution in [-0.4, -0.2) is 0 Å². The lowest BCUT2D eigenvalue weighted by Crippen LogP contribution is -2.05. The summed E-state index contributed by atoms with van der Waals surface area (Å²) in [6, 6.07) is 6.62. The highest BCUT2D eigenvalue weighted by atomic mass is 32.1. The number of ether oxygens (including phenoxy) is 1. The average molecular weight is 251 g/mol. The molecule has 1 heterocycles. The van der Waals surface area contributed by atoms with Gasteiger partial charge in [0.15, 0.2) is 11.6 Å². The second kappa shape index (κ2) is 5.29. The third-order valence-electron chi connectivity index (χ3n) is 2.46. The molecule has 90 valence electrons. The second-order valence-electron chi connectivity index (χ2n) is 3.90. The van der Waals surface area contributed by atoms with Crippen molar-refractivity contribution in [1.82, 2.24) is 0 Å². The van der Waals surface area contributed by atoms with Gasteiger partial charge in [0.1, 0.15) is 6.61 Å². The van der Waals surface area contributed by atoms with Crippen LogP contribution in [0.3, 0.4) is 0 Å². The van der Waals surface area contributed by atoms with Crippen molar-refractivity contribution >= 4 is 11.3 Å². The standard InChI is InChI=1S/C13H14FNOS/c1-9(15)11-2-3-13(12(14)6-11)16-7-10-4-5-17-8-10/h2-6,8-9H,7,15H2,1H3/t9-/m0/s1. The van der Waals surface area contributed by atoms with E-state index in [4.69, 9.17) is 10.5 Å². The van der Waals surface area contributed by atoms with E-state index in [1.54, 1.807) is 23.5 Å². The summed E-state index contributed by atoms with van der Waals surface area (Å²) in [6.45, 7) is 2.21. The molecule has 2 nitrogen and oxygen atoms in total. The highest BCUT2D eigenvalue weighted by Crippen LogP contribution is 2.22. The molecule has 0 bridgehead atoms. The Kier molecular flexibility index (Phi) is 3.76. The number of rotatable bonds is 4. The fourth-order valence-corrected chi connectivity index (χ4v) is 2.11. The summed E-state index contributed by atoms with van der Waals surface area (Å²) in [5.41, 5.74) is 7.49. The van der Waals surface area contributed by atoms with Crippen LogP contribution in [-0.2, 0) is 6.61 Å². The van der Waals surface area contributed by atoms with E-state index in [1.807, 2.05) is 23.8 Å². The van der Waals surface area contributed by atoms with Crippen molar-refractivity contribution in [3.8, 4) is 5.75 Å². The molecular formula is C13H14FNOS. The van der Waals surface area contributed by atoms with E-state index in [9.17, 15) is 4.39 Å². The quantitative estimate of drug-likeness (QED) is 0.902. The Bertz CT molecular complexity index is 482. The fourth-order valence-electron chi connectivity index (χ4n) is 1.45. The van der Waals surface area contributed by atoms with Crippen LogP contribution in [0.2, 0.25) is 0 Å². The monoisotopic (exact) mass is 251 g/mol. The first-order valence-electron chi connectivity index (χ1n) is 5.35. The summed E-state index contributed by atoms with van der Waals surface area (Å²) in [7, 11) is 0. The van der Waals surface area contributed by atoms with E-state index in [0.29, 0.717) is 6.61 Å². The lowest BCUT2D eigenvalue weighted by atomic mass is 10.1. The molecule has 1 aromatic heterocycles. The van der Waals surface area contributed by atoms with Gasteiger partial charge in [0.2, 0.25) is 0 Å². The third-order valence-corrected chi connectivity index (χ3v) is 3.19. The predicted octanol–water partition coefficient (Wildman–Crippen LogP) is 3.49. The maximum atomic E-state index is 13.7. The zero-order valence-corrected chi connectivity index (χ0v) is 10.3. The van der Waals surface area contributed by atoms with Crippen LogP contribution in [0.4, 0.5) is 4.39 Å². The number of benzene rings is 1. The van der Waals surface area contributed by atoms with E-state index in [-0.39, 0.29) is 17.6 Å². The number of nitrogens with two attached hydrogens (primary N) is 1. The minimum atomic E-state index is -0.366. The Balaban J connectivity index is 2.06. The Labute approximate surface area is 104 Å². The molecule has 2 rings (SSSR count). The van der Waals surface area contributed by atoms with Crippen molar-refractivity contribution < 1.29 is 9.13 Å². The number of hydrogen-bond donors (Lipinski definition) is 1. The van der Waals surface area contributed by atoms with Gasteiger partial charge in [0.05, 0.1) is 0 Å². The minimum Gasteiger partial charge on any atom is -0.486 e. The SMILES string of the molecule is C[C@H](N)c1ccc(OCc2ccsc2)c(F)c1. The molecule has 17 heavy (non-hydrogen) atoms. The first-order chi connectivity index (χ1) is 8.16. The van der Waals surface area contributed by atoms with Gasteiger partial charge in [-0.1, -0.05) is 6.07 Å². The highest BCUT2D eigenvalue weighted by molar-refractivity contribution is 7.07. The number of hydrogen-bond acceptors (Lipinski definition) is 3. The third kappa shape index (κ3) is 3.05. The summed E-state index contributed by atoms with van der Waals surface area (Å²) in [4.78, 5) is 0. The van der Waals surface area contributed by atoms with Gasteiger partial charge in [-0.2, -0.15) is 11.3 Å². The first kappa shape index (κ1) is 12.1. The van der Waals surface area contributed by atoms with Crippen LogP contribution in [0.5, 0.6) is 5.75 Å². The molecule has 0 aliphatic rings. The van der Waals surface area contributed by atoms with Crippen molar-refractivity contribution in [3.63, 3.8) is 0 Å². The van der Waals surface area contributed by atoms with Crippen molar-refractivity contribution in [2.24, 2.45) is 5.73 Å². The fraction of sp³-hybridized carbons (Fsp3) is 0.231. The van der Waals surface area contributed by atoms with E-state index in [0.717, 1.165) is 11.1 Å². The molecular weight excluding hydrogens is 237 g/mol. The molecule has 0 spiro atoms. The molecule has 0 saturated heterocycles. The van der Waals surface area contributed by atoms with Gasteiger partial charge in [-0.15, -0.1) is 0 Å². The van der Waals surface area contributed by atoms with Gasteiger partial charge in [-0.3, -0.25) is 0 Å².